The van der Waals surface area contributed by atoms with Gasteiger partial charge in [-0.05, 0) is 45.0 Å². The van der Waals surface area contributed by atoms with Crippen LogP contribution >= 0.6 is 0 Å². The van der Waals surface area contributed by atoms with E-state index in [-0.39, 0.29) is 11.6 Å². The van der Waals surface area contributed by atoms with Crippen LogP contribution in [-0.4, -0.2) is 25.1 Å². The van der Waals surface area contributed by atoms with E-state index >= 15 is 0 Å². The fourth-order valence-electron chi connectivity index (χ4n) is 2.60. The van der Waals surface area contributed by atoms with Crippen LogP contribution in [-0.2, 0) is 16.6 Å². The summed E-state index contributed by atoms with van der Waals surface area (Å²) in [5, 5.41) is 2.66. The molecule has 8 heteroatoms. The van der Waals surface area contributed by atoms with Crippen LogP contribution in [0.15, 0.2) is 24.3 Å². The molecule has 0 aliphatic rings. The predicted molar refractivity (Wildman–Crippen MR) is 92.4 cm³/mol. The Kier molecular flexibility index (Phi) is 4.98. The van der Waals surface area contributed by atoms with E-state index in [0.29, 0.717) is 11.3 Å². The summed E-state index contributed by atoms with van der Waals surface area (Å²) >= 11 is 0. The minimum Gasteiger partial charge on any atom is -0.349 e. The van der Waals surface area contributed by atoms with Gasteiger partial charge in [-0.2, -0.15) is 0 Å². The number of aromatic nitrogens is 1. The SMILES string of the molecule is CCn1c(C)cc(C(=O)Nc2ccc(F)c(NS(C)(=O)=O)c2)c1C. The van der Waals surface area contributed by atoms with Crippen molar-refractivity contribution in [3.05, 3.63) is 47.0 Å². The van der Waals surface area contributed by atoms with E-state index in [1.807, 2.05) is 25.3 Å². The summed E-state index contributed by atoms with van der Waals surface area (Å²) in [4.78, 5) is 12.4. The summed E-state index contributed by atoms with van der Waals surface area (Å²) in [6.45, 7) is 6.51. The van der Waals surface area contributed by atoms with Gasteiger partial charge in [-0.1, -0.05) is 0 Å². The number of carbonyl (C=O) groups is 1. The summed E-state index contributed by atoms with van der Waals surface area (Å²) in [6, 6.07) is 5.50. The molecule has 2 N–H and O–H groups in total. The summed E-state index contributed by atoms with van der Waals surface area (Å²) in [5.41, 5.74) is 2.42. The van der Waals surface area contributed by atoms with Crippen LogP contribution in [0.4, 0.5) is 15.8 Å². The van der Waals surface area contributed by atoms with E-state index in [4.69, 9.17) is 0 Å². The standard InChI is InChI=1S/C16H20FN3O3S/c1-5-20-10(2)8-13(11(20)3)16(21)18-12-6-7-14(17)15(9-12)19-24(4,22)23/h6-9,19H,5H2,1-4H3,(H,18,21). The van der Waals surface area contributed by atoms with Crippen LogP contribution in [0.5, 0.6) is 0 Å². The second kappa shape index (κ2) is 6.64. The Morgan fingerprint density at radius 1 is 1.25 bits per heavy atom. The lowest BCUT2D eigenvalue weighted by Gasteiger charge is -2.10. The number of sulfonamides is 1. The molecule has 0 radical (unpaired) electrons. The van der Waals surface area contributed by atoms with Crippen molar-refractivity contribution in [3.8, 4) is 0 Å². The zero-order valence-electron chi connectivity index (χ0n) is 14.0. The lowest BCUT2D eigenvalue weighted by Crippen LogP contribution is -2.15. The zero-order valence-corrected chi connectivity index (χ0v) is 14.8. The molecule has 0 fully saturated rings. The van der Waals surface area contributed by atoms with Gasteiger partial charge in [0.05, 0.1) is 17.5 Å². The number of benzene rings is 1. The maximum atomic E-state index is 13.7. The topological polar surface area (TPSA) is 80.2 Å². The quantitative estimate of drug-likeness (QED) is 0.867. The minimum absolute atomic E-state index is 0.214. The van der Waals surface area contributed by atoms with E-state index in [1.165, 1.54) is 12.1 Å². The van der Waals surface area contributed by atoms with Gasteiger partial charge in [0.25, 0.3) is 5.91 Å². The monoisotopic (exact) mass is 353 g/mol. The van der Waals surface area contributed by atoms with Gasteiger partial charge in [0.2, 0.25) is 10.0 Å². The Balaban J connectivity index is 2.28. The molecule has 0 aliphatic carbocycles. The molecule has 1 aromatic carbocycles. The first-order valence-electron chi connectivity index (χ1n) is 7.37. The third kappa shape index (κ3) is 3.94. The van der Waals surface area contributed by atoms with E-state index in [9.17, 15) is 17.6 Å². The van der Waals surface area contributed by atoms with Gasteiger partial charge in [-0.3, -0.25) is 9.52 Å². The van der Waals surface area contributed by atoms with E-state index < -0.39 is 15.8 Å². The van der Waals surface area contributed by atoms with E-state index in [1.54, 1.807) is 6.07 Å². The predicted octanol–water partition coefficient (Wildman–Crippen LogP) is 2.89. The fraction of sp³-hybridized carbons (Fsp3) is 0.312. The molecule has 130 valence electrons. The summed E-state index contributed by atoms with van der Waals surface area (Å²) in [7, 11) is -3.62. The third-order valence-corrected chi connectivity index (χ3v) is 4.24. The molecule has 2 aromatic rings. The van der Waals surface area contributed by atoms with Crippen molar-refractivity contribution in [3.63, 3.8) is 0 Å². The van der Waals surface area contributed by atoms with Gasteiger partial charge in [-0.15, -0.1) is 0 Å². The second-order valence-electron chi connectivity index (χ2n) is 5.55. The highest BCUT2D eigenvalue weighted by Gasteiger charge is 2.16. The van der Waals surface area contributed by atoms with Gasteiger partial charge in [0.1, 0.15) is 5.82 Å². The molecule has 0 spiro atoms. The molecule has 24 heavy (non-hydrogen) atoms. The Morgan fingerprint density at radius 2 is 1.92 bits per heavy atom. The lowest BCUT2D eigenvalue weighted by atomic mass is 10.2. The Labute approximate surface area is 140 Å². The Bertz CT molecular complexity index is 888. The lowest BCUT2D eigenvalue weighted by molar-refractivity contribution is 0.102. The van der Waals surface area contributed by atoms with Gasteiger partial charge in [-0.25, -0.2) is 12.8 Å². The number of hydrogen-bond donors (Lipinski definition) is 2. The van der Waals surface area contributed by atoms with Crippen molar-refractivity contribution >= 4 is 27.3 Å². The Hall–Kier alpha value is -2.35. The molecule has 6 nitrogen and oxygen atoms in total. The average Bonchev–Trinajstić information content (AvgIpc) is 2.75. The highest BCUT2D eigenvalue weighted by molar-refractivity contribution is 7.92. The average molecular weight is 353 g/mol. The number of amides is 1. The van der Waals surface area contributed by atoms with Crippen LogP contribution in [0.25, 0.3) is 0 Å². The largest absolute Gasteiger partial charge is 0.349 e. The number of anilines is 2. The first-order valence-corrected chi connectivity index (χ1v) is 9.27. The molecular weight excluding hydrogens is 333 g/mol. The number of halogens is 1. The molecule has 1 aromatic heterocycles. The van der Waals surface area contributed by atoms with Crippen LogP contribution in [0.2, 0.25) is 0 Å². The van der Waals surface area contributed by atoms with Gasteiger partial charge in [0, 0.05) is 23.6 Å². The first-order chi connectivity index (χ1) is 11.1. The van der Waals surface area contributed by atoms with Crippen molar-refractivity contribution in [1.29, 1.82) is 0 Å². The number of hydrogen-bond acceptors (Lipinski definition) is 3. The van der Waals surface area contributed by atoms with Crippen LogP contribution in [0.1, 0.15) is 28.7 Å². The second-order valence-corrected chi connectivity index (χ2v) is 7.30. The summed E-state index contributed by atoms with van der Waals surface area (Å²) < 4.78 is 40.3. The number of nitrogens with one attached hydrogen (secondary N) is 2. The molecule has 2 rings (SSSR count). The number of rotatable bonds is 5. The molecule has 0 saturated carbocycles. The van der Waals surface area contributed by atoms with Gasteiger partial charge >= 0.3 is 0 Å². The van der Waals surface area contributed by atoms with Crippen LogP contribution in [0.3, 0.4) is 0 Å². The minimum atomic E-state index is -3.62. The smallest absolute Gasteiger partial charge is 0.257 e. The molecular formula is C16H20FN3O3S. The number of carbonyl (C=O) groups excluding carboxylic acids is 1. The number of aryl methyl sites for hydroxylation is 1. The van der Waals surface area contributed by atoms with Crippen LogP contribution in [0, 0.1) is 19.7 Å². The van der Waals surface area contributed by atoms with Crippen molar-refractivity contribution in [2.24, 2.45) is 0 Å². The first kappa shape index (κ1) is 18.0. The zero-order chi connectivity index (χ0) is 18.1. The highest BCUT2D eigenvalue weighted by Crippen LogP contribution is 2.22. The highest BCUT2D eigenvalue weighted by atomic mass is 32.2. The van der Waals surface area contributed by atoms with Gasteiger partial charge in [0.15, 0.2) is 0 Å². The van der Waals surface area contributed by atoms with Crippen molar-refractivity contribution in [1.82, 2.24) is 4.57 Å². The molecule has 0 bridgehead atoms. The molecule has 0 aliphatic heterocycles. The maximum absolute atomic E-state index is 13.7. The number of nitrogens with zero attached hydrogens (tertiary/aromatic N) is 1. The molecule has 0 saturated heterocycles. The van der Waals surface area contributed by atoms with Crippen molar-refractivity contribution in [2.45, 2.75) is 27.3 Å². The molecule has 1 amide bonds. The van der Waals surface area contributed by atoms with Gasteiger partial charge < -0.3 is 9.88 Å². The van der Waals surface area contributed by atoms with E-state index in [0.717, 1.165) is 30.3 Å². The summed E-state index contributed by atoms with van der Waals surface area (Å²) in [6.07, 6.45) is 0.928. The Morgan fingerprint density at radius 3 is 2.46 bits per heavy atom. The molecule has 0 atom stereocenters. The van der Waals surface area contributed by atoms with Crippen molar-refractivity contribution in [2.75, 3.05) is 16.3 Å². The fourth-order valence-corrected chi connectivity index (χ4v) is 3.15. The van der Waals surface area contributed by atoms with E-state index in [2.05, 4.69) is 10.0 Å². The van der Waals surface area contributed by atoms with Crippen LogP contribution < -0.4 is 10.0 Å². The maximum Gasteiger partial charge on any atom is 0.257 e. The summed E-state index contributed by atoms with van der Waals surface area (Å²) in [5.74, 6) is -1.05. The van der Waals surface area contributed by atoms with Crippen molar-refractivity contribution < 1.29 is 17.6 Å². The molecule has 1 heterocycles. The normalized spacial score (nSPS) is 11.4. The molecule has 0 unspecified atom stereocenters. The third-order valence-electron chi connectivity index (χ3n) is 3.65.